The molecule has 0 amide bonds. The summed E-state index contributed by atoms with van der Waals surface area (Å²) < 4.78 is 2.30. The molecule has 1 aromatic carbocycles. The van der Waals surface area contributed by atoms with Gasteiger partial charge in [0, 0.05) is 25.1 Å². The molecule has 2 rings (SSSR count). The van der Waals surface area contributed by atoms with Crippen LogP contribution < -0.4 is 5.73 Å². The second-order valence-electron chi connectivity index (χ2n) is 3.89. The Morgan fingerprint density at radius 1 is 1.24 bits per heavy atom. The number of hydrogen-bond acceptors (Lipinski definition) is 2. The Morgan fingerprint density at radius 2 is 2.00 bits per heavy atom. The first kappa shape index (κ1) is 13.3. The maximum Gasteiger partial charge on any atom is 0.0285 e. The topological polar surface area (TPSA) is 26.0 Å². The summed E-state index contributed by atoms with van der Waals surface area (Å²) in [5, 5.41) is 2.11. The van der Waals surface area contributed by atoms with Crippen molar-refractivity contribution in [3.05, 3.63) is 55.1 Å². The van der Waals surface area contributed by atoms with Crippen LogP contribution in [0.25, 0.3) is 0 Å². The molecule has 4 heteroatoms. The van der Waals surface area contributed by atoms with Gasteiger partial charge in [-0.1, -0.05) is 34.1 Å². The lowest BCUT2D eigenvalue weighted by atomic mass is 9.95. The Balaban J connectivity index is 2.20. The van der Waals surface area contributed by atoms with Gasteiger partial charge in [-0.25, -0.2) is 0 Å². The summed E-state index contributed by atoms with van der Waals surface area (Å²) in [7, 11) is 0. The van der Waals surface area contributed by atoms with Crippen molar-refractivity contribution in [1.82, 2.24) is 0 Å². The Bertz CT molecular complexity index is 496. The largest absolute Gasteiger partial charge is 0.330 e. The van der Waals surface area contributed by atoms with Crippen LogP contribution in [-0.2, 0) is 6.42 Å². The zero-order valence-corrected chi connectivity index (χ0v) is 13.2. The van der Waals surface area contributed by atoms with Crippen molar-refractivity contribution >= 4 is 43.2 Å². The lowest BCUT2D eigenvalue weighted by molar-refractivity contribution is 0.698. The van der Waals surface area contributed by atoms with Crippen LogP contribution in [0.15, 0.2) is 44.7 Å². The monoisotopic (exact) mass is 373 g/mol. The molecule has 17 heavy (non-hydrogen) atoms. The third-order valence-corrected chi connectivity index (χ3v) is 5.14. The smallest absolute Gasteiger partial charge is 0.0285 e. The van der Waals surface area contributed by atoms with Gasteiger partial charge in [0.1, 0.15) is 0 Å². The molecule has 0 bridgehead atoms. The molecule has 0 fully saturated rings. The van der Waals surface area contributed by atoms with E-state index in [1.54, 1.807) is 11.3 Å². The number of nitrogens with two attached hydrogens (primary N) is 1. The fourth-order valence-electron chi connectivity index (χ4n) is 1.83. The average molecular weight is 375 g/mol. The van der Waals surface area contributed by atoms with Crippen LogP contribution in [-0.4, -0.2) is 6.54 Å². The van der Waals surface area contributed by atoms with E-state index in [2.05, 4.69) is 61.5 Å². The van der Waals surface area contributed by atoms with Gasteiger partial charge >= 0.3 is 0 Å². The third-order valence-electron chi connectivity index (χ3n) is 2.70. The van der Waals surface area contributed by atoms with Crippen LogP contribution in [0.3, 0.4) is 0 Å². The van der Waals surface area contributed by atoms with Gasteiger partial charge in [0.15, 0.2) is 0 Å². The highest BCUT2D eigenvalue weighted by atomic mass is 79.9. The van der Waals surface area contributed by atoms with E-state index >= 15 is 0 Å². The quantitative estimate of drug-likeness (QED) is 0.833. The molecule has 2 N–H and O–H groups in total. The van der Waals surface area contributed by atoms with Crippen molar-refractivity contribution in [1.29, 1.82) is 0 Å². The summed E-state index contributed by atoms with van der Waals surface area (Å²) in [4.78, 5) is 1.36. The molecule has 2 aromatic rings. The second-order valence-corrected chi connectivity index (χ2v) is 6.66. The minimum absolute atomic E-state index is 0.371. The highest BCUT2D eigenvalue weighted by molar-refractivity contribution is 9.10. The number of thiophene rings is 1. The molecule has 1 atom stereocenters. The molecule has 1 aromatic heterocycles. The van der Waals surface area contributed by atoms with Crippen molar-refractivity contribution in [3.63, 3.8) is 0 Å². The van der Waals surface area contributed by atoms with E-state index in [9.17, 15) is 0 Å². The van der Waals surface area contributed by atoms with Gasteiger partial charge in [0.2, 0.25) is 0 Å². The first-order valence-corrected chi connectivity index (χ1v) is 7.84. The predicted molar refractivity (Wildman–Crippen MR) is 81.7 cm³/mol. The average Bonchev–Trinajstić information content (AvgIpc) is 2.73. The van der Waals surface area contributed by atoms with Crippen LogP contribution in [0.4, 0.5) is 0 Å². The van der Waals surface area contributed by atoms with Gasteiger partial charge in [-0.05, 0) is 46.6 Å². The first-order chi connectivity index (χ1) is 8.20. The Morgan fingerprint density at radius 3 is 2.59 bits per heavy atom. The molecule has 90 valence electrons. The summed E-state index contributed by atoms with van der Waals surface area (Å²) in [6, 6.07) is 10.5. The van der Waals surface area contributed by atoms with Crippen LogP contribution in [0.1, 0.15) is 16.4 Å². The minimum atomic E-state index is 0.371. The van der Waals surface area contributed by atoms with Crippen LogP contribution >= 0.6 is 43.2 Å². The zero-order chi connectivity index (χ0) is 12.3. The second kappa shape index (κ2) is 6.14. The Hall–Kier alpha value is -0.160. The number of rotatable bonds is 4. The zero-order valence-electron chi connectivity index (χ0n) is 9.20. The van der Waals surface area contributed by atoms with E-state index in [-0.39, 0.29) is 0 Å². The van der Waals surface area contributed by atoms with E-state index in [1.807, 2.05) is 6.07 Å². The molecule has 0 aliphatic heterocycles. The highest BCUT2D eigenvalue weighted by Gasteiger charge is 2.14. The lowest BCUT2D eigenvalue weighted by Gasteiger charge is -2.15. The standard InChI is InChI=1S/C13H13Br2NS/c14-10-6-11(17-8-10)5-9(7-16)12-3-1-2-4-13(12)15/h1-4,6,8-9H,5,7,16H2. The lowest BCUT2D eigenvalue weighted by Crippen LogP contribution is -2.15. The van der Waals surface area contributed by atoms with Crippen molar-refractivity contribution in [2.45, 2.75) is 12.3 Å². The maximum atomic E-state index is 5.90. The van der Waals surface area contributed by atoms with Crippen LogP contribution in [0.2, 0.25) is 0 Å². The van der Waals surface area contributed by atoms with Crippen molar-refractivity contribution in [2.75, 3.05) is 6.54 Å². The summed E-state index contributed by atoms with van der Waals surface area (Å²) in [6.45, 7) is 0.665. The summed E-state index contributed by atoms with van der Waals surface area (Å²) in [5.41, 5.74) is 7.19. The van der Waals surface area contributed by atoms with E-state index in [4.69, 9.17) is 5.73 Å². The molecule has 0 aliphatic carbocycles. The number of benzene rings is 1. The van der Waals surface area contributed by atoms with Crippen molar-refractivity contribution in [3.8, 4) is 0 Å². The molecule has 1 nitrogen and oxygen atoms in total. The predicted octanol–water partition coefficient (Wildman–Crippen LogP) is 4.56. The minimum Gasteiger partial charge on any atom is -0.330 e. The summed E-state index contributed by atoms with van der Waals surface area (Å²) in [5.74, 6) is 0.371. The molecular formula is C13H13Br2NS. The molecular weight excluding hydrogens is 362 g/mol. The molecule has 0 saturated carbocycles. The van der Waals surface area contributed by atoms with Gasteiger partial charge in [0.05, 0.1) is 0 Å². The van der Waals surface area contributed by atoms with Gasteiger partial charge in [-0.2, -0.15) is 0 Å². The van der Waals surface area contributed by atoms with E-state index in [0.29, 0.717) is 12.5 Å². The molecule has 1 heterocycles. The maximum absolute atomic E-state index is 5.90. The molecule has 0 radical (unpaired) electrons. The molecule has 0 saturated heterocycles. The fraction of sp³-hybridized carbons (Fsp3) is 0.231. The SMILES string of the molecule is NCC(Cc1cc(Br)cs1)c1ccccc1Br. The van der Waals surface area contributed by atoms with E-state index in [1.165, 1.54) is 10.4 Å². The highest BCUT2D eigenvalue weighted by Crippen LogP contribution is 2.30. The normalized spacial score (nSPS) is 12.6. The van der Waals surface area contributed by atoms with Gasteiger partial charge < -0.3 is 5.73 Å². The Labute approximate surface area is 122 Å². The first-order valence-electron chi connectivity index (χ1n) is 5.38. The number of halogens is 2. The van der Waals surface area contributed by atoms with Gasteiger partial charge in [-0.15, -0.1) is 11.3 Å². The van der Waals surface area contributed by atoms with E-state index in [0.717, 1.165) is 15.4 Å². The molecule has 0 spiro atoms. The summed E-state index contributed by atoms with van der Waals surface area (Å²) in [6.07, 6.45) is 0.995. The summed E-state index contributed by atoms with van der Waals surface area (Å²) >= 11 is 8.86. The van der Waals surface area contributed by atoms with Gasteiger partial charge in [0.25, 0.3) is 0 Å². The van der Waals surface area contributed by atoms with Gasteiger partial charge in [-0.3, -0.25) is 0 Å². The molecule has 0 aliphatic rings. The Kier molecular flexibility index (Phi) is 4.79. The van der Waals surface area contributed by atoms with Crippen molar-refractivity contribution < 1.29 is 0 Å². The fourth-order valence-corrected chi connectivity index (χ4v) is 3.97. The van der Waals surface area contributed by atoms with Crippen LogP contribution in [0.5, 0.6) is 0 Å². The van der Waals surface area contributed by atoms with Crippen LogP contribution in [0, 0.1) is 0 Å². The number of hydrogen-bond donors (Lipinski definition) is 1. The van der Waals surface area contributed by atoms with Crippen molar-refractivity contribution in [2.24, 2.45) is 5.73 Å². The van der Waals surface area contributed by atoms with E-state index < -0.39 is 0 Å². The molecule has 1 unspecified atom stereocenters. The third kappa shape index (κ3) is 3.41.